The van der Waals surface area contributed by atoms with Gasteiger partial charge in [-0.25, -0.2) is 0 Å². The van der Waals surface area contributed by atoms with Crippen molar-refractivity contribution in [3.8, 4) is 0 Å². The van der Waals surface area contributed by atoms with E-state index in [1.165, 1.54) is 11.8 Å². The molecule has 1 heterocycles. The predicted molar refractivity (Wildman–Crippen MR) is 63.6 cm³/mol. The summed E-state index contributed by atoms with van der Waals surface area (Å²) in [6.07, 6.45) is 1.41. The molecule has 3 heteroatoms. The van der Waals surface area contributed by atoms with Crippen LogP contribution in [0.1, 0.15) is 22.8 Å². The van der Waals surface area contributed by atoms with E-state index in [1.807, 2.05) is 25.1 Å². The topological polar surface area (TPSA) is 33.4 Å². The summed E-state index contributed by atoms with van der Waals surface area (Å²) in [6, 6.07) is 9.75. The van der Waals surface area contributed by atoms with E-state index in [2.05, 4.69) is 6.07 Å². The first-order valence-electron chi connectivity index (χ1n) is 5.13. The molecule has 0 aliphatic rings. The van der Waals surface area contributed by atoms with Crippen LogP contribution in [0.15, 0.2) is 41.0 Å². The van der Waals surface area contributed by atoms with Crippen molar-refractivity contribution in [1.29, 1.82) is 0 Å². The number of aryl methyl sites for hydroxylation is 1. The van der Waals surface area contributed by atoms with E-state index in [-0.39, 0.29) is 5.22 Å². The fraction of sp³-hybridized carbons (Fsp3) is 0.231. The number of halogens is 1. The zero-order chi connectivity index (χ0) is 11.5. The van der Waals surface area contributed by atoms with Crippen molar-refractivity contribution in [3.63, 3.8) is 0 Å². The second kappa shape index (κ2) is 4.73. The number of benzene rings is 1. The first-order chi connectivity index (χ1) is 7.66. The molecule has 2 aromatic rings. The summed E-state index contributed by atoms with van der Waals surface area (Å²) < 4.78 is 4.95. The van der Waals surface area contributed by atoms with E-state index in [0.29, 0.717) is 12.0 Å². The van der Waals surface area contributed by atoms with Gasteiger partial charge in [-0.15, -0.1) is 0 Å². The zero-order valence-electron chi connectivity index (χ0n) is 8.98. The quantitative estimate of drug-likeness (QED) is 0.885. The Bertz CT molecular complexity index is 476. The van der Waals surface area contributed by atoms with E-state index in [0.717, 1.165) is 5.56 Å². The van der Waals surface area contributed by atoms with Gasteiger partial charge in [-0.05, 0) is 30.2 Å². The van der Waals surface area contributed by atoms with Gasteiger partial charge in [0, 0.05) is 12.0 Å². The fourth-order valence-electron chi connectivity index (χ4n) is 1.72. The highest BCUT2D eigenvalue weighted by atomic mass is 35.5. The standard InChI is InChI=1S/C13H13ClO2/c1-9-3-2-4-10(7-9)8-12(15)11-5-6-16-13(11)14/h2-7,12,15H,8H2,1H3. The summed E-state index contributed by atoms with van der Waals surface area (Å²) in [5, 5.41) is 10.3. The maximum absolute atomic E-state index is 9.99. The lowest BCUT2D eigenvalue weighted by atomic mass is 10.0. The molecule has 0 aliphatic carbocycles. The molecular formula is C13H13ClO2. The summed E-state index contributed by atoms with van der Waals surface area (Å²) in [5.74, 6) is 0. The third kappa shape index (κ3) is 2.46. The van der Waals surface area contributed by atoms with Gasteiger partial charge >= 0.3 is 0 Å². The number of hydrogen-bond donors (Lipinski definition) is 1. The van der Waals surface area contributed by atoms with Crippen LogP contribution >= 0.6 is 11.6 Å². The van der Waals surface area contributed by atoms with Crippen LogP contribution in [0.2, 0.25) is 5.22 Å². The van der Waals surface area contributed by atoms with Crippen LogP contribution in [0, 0.1) is 6.92 Å². The van der Waals surface area contributed by atoms with Crippen LogP contribution in [-0.4, -0.2) is 5.11 Å². The number of furan rings is 1. The Kier molecular flexibility index (Phi) is 3.32. The predicted octanol–water partition coefficient (Wildman–Crippen LogP) is 3.52. The molecule has 0 saturated carbocycles. The minimum Gasteiger partial charge on any atom is -0.453 e. The molecule has 16 heavy (non-hydrogen) atoms. The van der Waals surface area contributed by atoms with Gasteiger partial charge in [0.05, 0.1) is 12.4 Å². The van der Waals surface area contributed by atoms with E-state index >= 15 is 0 Å². The Hall–Kier alpha value is -1.25. The number of aliphatic hydroxyl groups excluding tert-OH is 1. The first kappa shape index (κ1) is 11.2. The highest BCUT2D eigenvalue weighted by Crippen LogP contribution is 2.26. The van der Waals surface area contributed by atoms with Gasteiger partial charge in [-0.3, -0.25) is 0 Å². The normalized spacial score (nSPS) is 12.7. The minimum atomic E-state index is -0.618. The van der Waals surface area contributed by atoms with Gasteiger partial charge in [-0.1, -0.05) is 29.8 Å². The molecule has 1 aromatic carbocycles. The molecule has 0 saturated heterocycles. The van der Waals surface area contributed by atoms with Crippen molar-refractivity contribution < 1.29 is 9.52 Å². The van der Waals surface area contributed by atoms with Gasteiger partial charge in [-0.2, -0.15) is 0 Å². The Morgan fingerprint density at radius 3 is 2.81 bits per heavy atom. The minimum absolute atomic E-state index is 0.264. The van der Waals surface area contributed by atoms with Gasteiger partial charge in [0.2, 0.25) is 0 Å². The molecule has 84 valence electrons. The lowest BCUT2D eigenvalue weighted by Gasteiger charge is -2.09. The zero-order valence-corrected chi connectivity index (χ0v) is 9.74. The van der Waals surface area contributed by atoms with E-state index < -0.39 is 6.10 Å². The number of rotatable bonds is 3. The van der Waals surface area contributed by atoms with Gasteiger partial charge in [0.1, 0.15) is 0 Å². The van der Waals surface area contributed by atoms with Crippen LogP contribution in [0.5, 0.6) is 0 Å². The highest BCUT2D eigenvalue weighted by Gasteiger charge is 2.14. The van der Waals surface area contributed by atoms with Crippen LogP contribution in [0.25, 0.3) is 0 Å². The molecule has 1 aromatic heterocycles. The van der Waals surface area contributed by atoms with Crippen molar-refractivity contribution in [2.75, 3.05) is 0 Å². The van der Waals surface area contributed by atoms with Gasteiger partial charge in [0.15, 0.2) is 5.22 Å². The second-order valence-corrected chi connectivity index (χ2v) is 4.20. The van der Waals surface area contributed by atoms with E-state index in [4.69, 9.17) is 16.0 Å². The average Bonchev–Trinajstić information content (AvgIpc) is 2.64. The van der Waals surface area contributed by atoms with Gasteiger partial charge < -0.3 is 9.52 Å². The Balaban J connectivity index is 2.14. The SMILES string of the molecule is Cc1cccc(CC(O)c2ccoc2Cl)c1. The summed E-state index contributed by atoms with van der Waals surface area (Å²) in [4.78, 5) is 0. The molecule has 0 aliphatic heterocycles. The monoisotopic (exact) mass is 236 g/mol. The van der Waals surface area contributed by atoms with Crippen molar-refractivity contribution in [3.05, 3.63) is 58.5 Å². The van der Waals surface area contributed by atoms with E-state index in [1.54, 1.807) is 6.07 Å². The molecule has 0 bridgehead atoms. The van der Waals surface area contributed by atoms with Crippen LogP contribution in [-0.2, 0) is 6.42 Å². The smallest absolute Gasteiger partial charge is 0.198 e. The largest absolute Gasteiger partial charge is 0.453 e. The van der Waals surface area contributed by atoms with Crippen LogP contribution in [0.3, 0.4) is 0 Å². The lowest BCUT2D eigenvalue weighted by Crippen LogP contribution is -2.01. The summed E-state index contributed by atoms with van der Waals surface area (Å²) >= 11 is 5.81. The molecule has 1 atom stereocenters. The number of hydrogen-bond acceptors (Lipinski definition) is 2. The average molecular weight is 237 g/mol. The molecule has 2 rings (SSSR count). The van der Waals surface area contributed by atoms with Crippen LogP contribution in [0.4, 0.5) is 0 Å². The first-order valence-corrected chi connectivity index (χ1v) is 5.51. The molecule has 2 nitrogen and oxygen atoms in total. The molecule has 1 unspecified atom stereocenters. The van der Waals surface area contributed by atoms with Gasteiger partial charge in [0.25, 0.3) is 0 Å². The van der Waals surface area contributed by atoms with Crippen molar-refractivity contribution >= 4 is 11.6 Å². The summed E-state index contributed by atoms with van der Waals surface area (Å²) in [6.45, 7) is 2.03. The summed E-state index contributed by atoms with van der Waals surface area (Å²) in [7, 11) is 0. The highest BCUT2D eigenvalue weighted by molar-refractivity contribution is 6.29. The van der Waals surface area contributed by atoms with Crippen LogP contribution < -0.4 is 0 Å². The maximum atomic E-state index is 9.99. The van der Waals surface area contributed by atoms with Crippen molar-refractivity contribution in [1.82, 2.24) is 0 Å². The lowest BCUT2D eigenvalue weighted by molar-refractivity contribution is 0.177. The third-order valence-electron chi connectivity index (χ3n) is 2.52. The Morgan fingerprint density at radius 2 is 2.19 bits per heavy atom. The third-order valence-corrected chi connectivity index (χ3v) is 2.82. The molecule has 0 radical (unpaired) electrons. The fourth-order valence-corrected chi connectivity index (χ4v) is 1.96. The van der Waals surface area contributed by atoms with E-state index in [9.17, 15) is 5.11 Å². The molecule has 0 fully saturated rings. The molecule has 0 spiro atoms. The second-order valence-electron chi connectivity index (χ2n) is 3.86. The molecule has 0 amide bonds. The number of aliphatic hydroxyl groups is 1. The summed E-state index contributed by atoms with van der Waals surface area (Å²) in [5.41, 5.74) is 2.91. The molecular weight excluding hydrogens is 224 g/mol. The molecule has 1 N–H and O–H groups in total. The van der Waals surface area contributed by atoms with Crippen molar-refractivity contribution in [2.45, 2.75) is 19.4 Å². The van der Waals surface area contributed by atoms with Crippen molar-refractivity contribution in [2.24, 2.45) is 0 Å². The maximum Gasteiger partial charge on any atom is 0.198 e. The Labute approximate surface area is 99.5 Å². The Morgan fingerprint density at radius 1 is 1.38 bits per heavy atom.